The van der Waals surface area contributed by atoms with Gasteiger partial charge in [-0.25, -0.2) is 15.6 Å². The van der Waals surface area contributed by atoms with Crippen molar-refractivity contribution in [1.29, 1.82) is 0 Å². The number of anilines is 1. The van der Waals surface area contributed by atoms with Gasteiger partial charge in [0.1, 0.15) is 0 Å². The number of carbonyl (C=O) groups excluding carboxylic acids is 1. The summed E-state index contributed by atoms with van der Waals surface area (Å²) in [6.45, 7) is 5.24. The van der Waals surface area contributed by atoms with Gasteiger partial charge in [0.15, 0.2) is 0 Å². The van der Waals surface area contributed by atoms with Gasteiger partial charge in [0.2, 0.25) is 0 Å². The van der Waals surface area contributed by atoms with Crippen molar-refractivity contribution in [1.82, 2.24) is 5.32 Å². The number of benzene rings is 1. The molecule has 0 spiro atoms. The number of nitrogens with zero attached hydrogens (tertiary/aromatic N) is 1. The van der Waals surface area contributed by atoms with Crippen molar-refractivity contribution in [3.63, 3.8) is 0 Å². The molecule has 0 bridgehead atoms. The van der Waals surface area contributed by atoms with Crippen LogP contribution >= 0.6 is 0 Å². The highest BCUT2D eigenvalue weighted by Crippen LogP contribution is 2.16. The second-order valence-electron chi connectivity index (χ2n) is 4.63. The minimum atomic E-state index is -0.956. The molecule has 0 saturated heterocycles. The van der Waals surface area contributed by atoms with Gasteiger partial charge in [0.05, 0.1) is 11.3 Å². The molecule has 0 heterocycles. The van der Waals surface area contributed by atoms with E-state index in [0.29, 0.717) is 5.69 Å². The van der Waals surface area contributed by atoms with E-state index in [0.717, 1.165) is 10.6 Å². The Morgan fingerprint density at radius 2 is 2.06 bits per heavy atom. The summed E-state index contributed by atoms with van der Waals surface area (Å²) in [5.41, 5.74) is 0.594. The molecule has 0 saturated carbocycles. The van der Waals surface area contributed by atoms with Crippen LogP contribution in [0.5, 0.6) is 0 Å². The van der Waals surface area contributed by atoms with E-state index < -0.39 is 11.6 Å². The first-order valence-corrected chi connectivity index (χ1v) is 5.42. The predicted molar refractivity (Wildman–Crippen MR) is 67.5 cm³/mol. The molecule has 2 amide bonds. The lowest BCUT2D eigenvalue weighted by molar-refractivity contribution is 0.0823. The number of urea groups is 1. The zero-order valence-corrected chi connectivity index (χ0v) is 10.4. The van der Waals surface area contributed by atoms with Crippen molar-refractivity contribution < 1.29 is 9.90 Å². The maximum absolute atomic E-state index is 11.7. The lowest BCUT2D eigenvalue weighted by Gasteiger charge is -2.22. The lowest BCUT2D eigenvalue weighted by Crippen LogP contribution is -2.49. The van der Waals surface area contributed by atoms with Crippen LogP contribution in [0.1, 0.15) is 19.4 Å². The fourth-order valence-electron chi connectivity index (χ4n) is 1.32. The minimum absolute atomic E-state index is 0.144. The summed E-state index contributed by atoms with van der Waals surface area (Å²) in [6, 6.07) is 6.88. The zero-order chi connectivity index (χ0) is 13.1. The van der Waals surface area contributed by atoms with Crippen LogP contribution in [0.3, 0.4) is 0 Å². The molecule has 5 nitrogen and oxygen atoms in total. The molecule has 0 atom stereocenters. The van der Waals surface area contributed by atoms with Crippen LogP contribution in [0, 0.1) is 6.92 Å². The van der Waals surface area contributed by atoms with Crippen molar-refractivity contribution in [2.24, 2.45) is 5.84 Å². The fraction of sp³-hybridized carbons (Fsp3) is 0.417. The van der Waals surface area contributed by atoms with E-state index in [9.17, 15) is 9.90 Å². The highest BCUT2D eigenvalue weighted by Gasteiger charge is 2.17. The molecule has 0 aliphatic carbocycles. The first-order chi connectivity index (χ1) is 7.81. The van der Waals surface area contributed by atoms with Crippen molar-refractivity contribution in [3.05, 3.63) is 29.8 Å². The van der Waals surface area contributed by atoms with Gasteiger partial charge in [0.25, 0.3) is 0 Å². The number of hydrogen-bond acceptors (Lipinski definition) is 3. The summed E-state index contributed by atoms with van der Waals surface area (Å²) in [5, 5.41) is 13.1. The second kappa shape index (κ2) is 5.16. The van der Waals surface area contributed by atoms with Gasteiger partial charge in [-0.3, -0.25) is 0 Å². The van der Waals surface area contributed by atoms with Crippen LogP contribution in [-0.4, -0.2) is 23.3 Å². The number of carbonyl (C=O) groups is 1. The van der Waals surface area contributed by atoms with Crippen LogP contribution in [0.4, 0.5) is 10.5 Å². The molecule has 0 aliphatic rings. The summed E-state index contributed by atoms with van der Waals surface area (Å²) >= 11 is 0. The third-order valence-electron chi connectivity index (χ3n) is 2.27. The van der Waals surface area contributed by atoms with Gasteiger partial charge in [-0.05, 0) is 32.4 Å². The Labute approximate surface area is 101 Å². The summed E-state index contributed by atoms with van der Waals surface area (Å²) in [5.74, 6) is 5.71. The van der Waals surface area contributed by atoms with E-state index in [-0.39, 0.29) is 6.54 Å². The second-order valence-corrected chi connectivity index (χ2v) is 4.63. The van der Waals surface area contributed by atoms with E-state index in [2.05, 4.69) is 5.32 Å². The minimum Gasteiger partial charge on any atom is -0.389 e. The largest absolute Gasteiger partial charge is 0.389 e. The van der Waals surface area contributed by atoms with Crippen LogP contribution in [0.25, 0.3) is 0 Å². The van der Waals surface area contributed by atoms with Gasteiger partial charge in [-0.2, -0.15) is 0 Å². The van der Waals surface area contributed by atoms with Crippen LogP contribution in [0.15, 0.2) is 24.3 Å². The third kappa shape index (κ3) is 4.05. The topological polar surface area (TPSA) is 78.6 Å². The quantitative estimate of drug-likeness (QED) is 0.419. The maximum Gasteiger partial charge on any atom is 0.336 e. The van der Waals surface area contributed by atoms with Crippen LogP contribution < -0.4 is 16.2 Å². The maximum atomic E-state index is 11.7. The number of nitrogens with one attached hydrogen (secondary N) is 1. The van der Waals surface area contributed by atoms with Crippen molar-refractivity contribution in [2.45, 2.75) is 26.4 Å². The standard InChI is InChI=1S/C12H19N3O2/c1-9-6-4-5-7-10(9)15(13)11(16)14-8-12(2,3)17/h4-7,17H,8,13H2,1-3H3,(H,14,16). The molecular weight excluding hydrogens is 218 g/mol. The van der Waals surface area contributed by atoms with Gasteiger partial charge in [-0.1, -0.05) is 18.2 Å². The molecule has 1 aromatic rings. The molecule has 0 radical (unpaired) electrons. The van der Waals surface area contributed by atoms with Crippen LogP contribution in [0.2, 0.25) is 0 Å². The Kier molecular flexibility index (Phi) is 4.09. The van der Waals surface area contributed by atoms with E-state index in [4.69, 9.17) is 5.84 Å². The van der Waals surface area contributed by atoms with Crippen molar-refractivity contribution in [3.8, 4) is 0 Å². The number of amides is 2. The molecule has 0 unspecified atom stereocenters. The zero-order valence-electron chi connectivity index (χ0n) is 10.4. The molecular formula is C12H19N3O2. The van der Waals surface area contributed by atoms with Gasteiger partial charge in [0, 0.05) is 6.54 Å². The Bertz CT molecular complexity index is 399. The molecule has 1 aromatic carbocycles. The molecule has 1 rings (SSSR count). The summed E-state index contributed by atoms with van der Waals surface area (Å²) < 4.78 is 0. The molecule has 94 valence electrons. The number of rotatable bonds is 3. The molecule has 4 N–H and O–H groups in total. The number of hydrogen-bond donors (Lipinski definition) is 3. The number of nitrogens with two attached hydrogens (primary N) is 1. The molecule has 0 aromatic heterocycles. The SMILES string of the molecule is Cc1ccccc1N(N)C(=O)NCC(C)(C)O. The van der Waals surface area contributed by atoms with E-state index >= 15 is 0 Å². The average Bonchev–Trinajstić information content (AvgIpc) is 2.24. The van der Waals surface area contributed by atoms with Gasteiger partial charge in [-0.15, -0.1) is 0 Å². The molecule has 0 fully saturated rings. The van der Waals surface area contributed by atoms with Gasteiger partial charge < -0.3 is 10.4 Å². The third-order valence-corrected chi connectivity index (χ3v) is 2.27. The lowest BCUT2D eigenvalue weighted by atomic mass is 10.1. The summed E-state index contributed by atoms with van der Waals surface area (Å²) in [7, 11) is 0. The summed E-state index contributed by atoms with van der Waals surface area (Å²) in [6.07, 6.45) is 0. The first-order valence-electron chi connectivity index (χ1n) is 5.42. The predicted octanol–water partition coefficient (Wildman–Crippen LogP) is 1.16. The first kappa shape index (κ1) is 13.5. The fourth-order valence-corrected chi connectivity index (χ4v) is 1.32. The number of aryl methyl sites for hydroxylation is 1. The number of aliphatic hydroxyl groups is 1. The van der Waals surface area contributed by atoms with Crippen molar-refractivity contribution >= 4 is 11.7 Å². The normalized spacial score (nSPS) is 11.1. The molecule has 17 heavy (non-hydrogen) atoms. The Balaban J connectivity index is 2.68. The smallest absolute Gasteiger partial charge is 0.336 e. The van der Waals surface area contributed by atoms with Crippen LogP contribution in [-0.2, 0) is 0 Å². The number of hydrazine groups is 1. The monoisotopic (exact) mass is 237 g/mol. The average molecular weight is 237 g/mol. The molecule has 0 aliphatic heterocycles. The molecule has 5 heteroatoms. The van der Waals surface area contributed by atoms with E-state index in [1.807, 2.05) is 25.1 Å². The summed E-state index contributed by atoms with van der Waals surface area (Å²) in [4.78, 5) is 11.7. The Morgan fingerprint density at radius 1 is 1.47 bits per heavy atom. The van der Waals surface area contributed by atoms with Gasteiger partial charge >= 0.3 is 6.03 Å². The number of para-hydroxylation sites is 1. The highest BCUT2D eigenvalue weighted by molar-refractivity contribution is 5.91. The van der Waals surface area contributed by atoms with E-state index in [1.54, 1.807) is 19.9 Å². The van der Waals surface area contributed by atoms with E-state index in [1.165, 1.54) is 0 Å². The Hall–Kier alpha value is -1.59. The highest BCUT2D eigenvalue weighted by atomic mass is 16.3. The van der Waals surface area contributed by atoms with Crippen molar-refractivity contribution in [2.75, 3.05) is 11.6 Å². The Morgan fingerprint density at radius 3 is 2.59 bits per heavy atom.